The number of rotatable bonds is 5. The summed E-state index contributed by atoms with van der Waals surface area (Å²) in [6, 6.07) is 6.76. The maximum Gasteiger partial charge on any atom is 0.422 e. The Hall–Kier alpha value is -1.43. The van der Waals surface area contributed by atoms with Crippen molar-refractivity contribution in [1.29, 1.82) is 0 Å². The summed E-state index contributed by atoms with van der Waals surface area (Å²) in [6.45, 7) is 1.61. The third-order valence-electron chi connectivity index (χ3n) is 3.58. The fraction of sp³-hybridized carbons (Fsp3) is 0.600. The molecule has 0 bridgehead atoms. The van der Waals surface area contributed by atoms with Crippen molar-refractivity contribution >= 4 is 5.69 Å². The van der Waals surface area contributed by atoms with E-state index < -0.39 is 12.8 Å². The lowest BCUT2D eigenvalue weighted by Gasteiger charge is -2.30. The highest BCUT2D eigenvalue weighted by atomic mass is 19.4. The predicted molar refractivity (Wildman–Crippen MR) is 76.7 cm³/mol. The van der Waals surface area contributed by atoms with E-state index in [1.54, 1.807) is 24.3 Å². The van der Waals surface area contributed by atoms with Gasteiger partial charge in [0.15, 0.2) is 6.61 Å². The van der Waals surface area contributed by atoms with Crippen LogP contribution in [-0.2, 0) is 0 Å². The molecular weight excluding hydrogens is 281 g/mol. The summed E-state index contributed by atoms with van der Waals surface area (Å²) in [5.41, 5.74) is 0.620. The lowest BCUT2D eigenvalue weighted by molar-refractivity contribution is -0.153. The van der Waals surface area contributed by atoms with Crippen LogP contribution < -0.4 is 10.1 Å². The molecule has 0 spiro atoms. The molecule has 0 radical (unpaired) electrons. The standard InChI is InChI=1S/C15H21F3N2O/c1-20-8-4-5-12(10-20)9-19-13-6-2-3-7-14(13)21-11-15(16,17)18/h2-3,6-7,12,19H,4-5,8-11H2,1H3. The second-order valence-electron chi connectivity index (χ2n) is 5.55. The van der Waals surface area contributed by atoms with Crippen molar-refractivity contribution in [2.75, 3.05) is 38.6 Å². The zero-order valence-electron chi connectivity index (χ0n) is 12.1. The average Bonchev–Trinajstić information content (AvgIpc) is 2.43. The highest BCUT2D eigenvalue weighted by Gasteiger charge is 2.28. The minimum absolute atomic E-state index is 0.249. The Morgan fingerprint density at radius 2 is 2.10 bits per heavy atom. The van der Waals surface area contributed by atoms with Gasteiger partial charge in [-0.15, -0.1) is 0 Å². The van der Waals surface area contributed by atoms with E-state index in [0.29, 0.717) is 11.6 Å². The van der Waals surface area contributed by atoms with Gasteiger partial charge in [0, 0.05) is 13.1 Å². The molecule has 3 nitrogen and oxygen atoms in total. The van der Waals surface area contributed by atoms with E-state index in [4.69, 9.17) is 4.74 Å². The van der Waals surface area contributed by atoms with Crippen molar-refractivity contribution in [3.05, 3.63) is 24.3 Å². The number of piperidine rings is 1. The third-order valence-corrected chi connectivity index (χ3v) is 3.58. The Morgan fingerprint density at radius 1 is 1.33 bits per heavy atom. The molecule has 6 heteroatoms. The number of ether oxygens (including phenoxy) is 1. The molecule has 0 saturated carbocycles. The van der Waals surface area contributed by atoms with Gasteiger partial charge in [-0.2, -0.15) is 13.2 Å². The smallest absolute Gasteiger partial charge is 0.422 e. The van der Waals surface area contributed by atoms with E-state index in [-0.39, 0.29) is 5.75 Å². The number of anilines is 1. The first-order valence-electron chi connectivity index (χ1n) is 7.15. The normalized spacial score (nSPS) is 20.3. The van der Waals surface area contributed by atoms with Crippen molar-refractivity contribution in [1.82, 2.24) is 4.90 Å². The second kappa shape index (κ2) is 7.02. The first-order chi connectivity index (χ1) is 9.94. The average molecular weight is 302 g/mol. The van der Waals surface area contributed by atoms with Gasteiger partial charge in [0.2, 0.25) is 0 Å². The molecule has 1 saturated heterocycles. The van der Waals surface area contributed by atoms with Gasteiger partial charge in [0.05, 0.1) is 5.69 Å². The minimum Gasteiger partial charge on any atom is -0.482 e. The van der Waals surface area contributed by atoms with Crippen LogP contribution in [0.4, 0.5) is 18.9 Å². The van der Waals surface area contributed by atoms with Gasteiger partial charge in [0.1, 0.15) is 5.75 Å². The molecule has 1 aromatic rings. The second-order valence-corrected chi connectivity index (χ2v) is 5.55. The van der Waals surface area contributed by atoms with E-state index in [9.17, 15) is 13.2 Å². The summed E-state index contributed by atoms with van der Waals surface area (Å²) in [6.07, 6.45) is -2.02. The van der Waals surface area contributed by atoms with Crippen LogP contribution in [0.15, 0.2) is 24.3 Å². The summed E-state index contributed by atoms with van der Waals surface area (Å²) in [7, 11) is 2.09. The first-order valence-corrected chi connectivity index (χ1v) is 7.15. The van der Waals surface area contributed by atoms with Crippen molar-refractivity contribution in [3.8, 4) is 5.75 Å². The van der Waals surface area contributed by atoms with Crippen LogP contribution in [0.1, 0.15) is 12.8 Å². The molecule has 1 atom stereocenters. The predicted octanol–water partition coefficient (Wildman–Crippen LogP) is 3.38. The van der Waals surface area contributed by atoms with Crippen LogP contribution in [0.2, 0.25) is 0 Å². The van der Waals surface area contributed by atoms with Gasteiger partial charge in [-0.25, -0.2) is 0 Å². The monoisotopic (exact) mass is 302 g/mol. The fourth-order valence-corrected chi connectivity index (χ4v) is 2.59. The number of benzene rings is 1. The quantitative estimate of drug-likeness (QED) is 0.902. The van der Waals surface area contributed by atoms with Gasteiger partial charge in [0.25, 0.3) is 0 Å². The number of para-hydroxylation sites is 2. The lowest BCUT2D eigenvalue weighted by Crippen LogP contribution is -2.35. The van der Waals surface area contributed by atoms with E-state index in [1.807, 2.05) is 0 Å². The number of nitrogens with one attached hydrogen (secondary N) is 1. The molecule has 0 amide bonds. The highest BCUT2D eigenvalue weighted by molar-refractivity contribution is 5.56. The molecule has 1 unspecified atom stereocenters. The molecule has 21 heavy (non-hydrogen) atoms. The summed E-state index contributed by atoms with van der Waals surface area (Å²) < 4.78 is 41.6. The number of hydrogen-bond donors (Lipinski definition) is 1. The van der Waals surface area contributed by atoms with Crippen LogP contribution >= 0.6 is 0 Å². The zero-order chi connectivity index (χ0) is 15.3. The molecule has 1 heterocycles. The molecule has 2 rings (SSSR count). The summed E-state index contributed by atoms with van der Waals surface area (Å²) in [5, 5.41) is 3.22. The first kappa shape index (κ1) is 15.9. The summed E-state index contributed by atoms with van der Waals surface area (Å²) >= 11 is 0. The molecular formula is C15H21F3N2O. The van der Waals surface area contributed by atoms with Gasteiger partial charge in [-0.05, 0) is 44.5 Å². The van der Waals surface area contributed by atoms with E-state index in [0.717, 1.165) is 32.5 Å². The van der Waals surface area contributed by atoms with Gasteiger partial charge in [-0.3, -0.25) is 0 Å². The van der Waals surface area contributed by atoms with Crippen LogP contribution in [-0.4, -0.2) is 44.4 Å². The molecule has 1 N–H and O–H groups in total. The molecule has 1 fully saturated rings. The maximum atomic E-state index is 12.2. The molecule has 0 aliphatic carbocycles. The SMILES string of the molecule is CN1CCCC(CNc2ccccc2OCC(F)(F)F)C1. The molecule has 1 aliphatic heterocycles. The zero-order valence-corrected chi connectivity index (χ0v) is 12.1. The van der Waals surface area contributed by atoms with Crippen molar-refractivity contribution in [2.24, 2.45) is 5.92 Å². The van der Waals surface area contributed by atoms with E-state index in [1.165, 1.54) is 0 Å². The lowest BCUT2D eigenvalue weighted by atomic mass is 9.98. The van der Waals surface area contributed by atoms with Crippen LogP contribution in [0.25, 0.3) is 0 Å². The van der Waals surface area contributed by atoms with E-state index >= 15 is 0 Å². The molecule has 118 valence electrons. The molecule has 1 aromatic carbocycles. The maximum absolute atomic E-state index is 12.2. The number of hydrogen-bond acceptors (Lipinski definition) is 3. The highest BCUT2D eigenvalue weighted by Crippen LogP contribution is 2.27. The number of alkyl halides is 3. The Bertz CT molecular complexity index is 451. The van der Waals surface area contributed by atoms with E-state index in [2.05, 4.69) is 17.3 Å². The fourth-order valence-electron chi connectivity index (χ4n) is 2.59. The topological polar surface area (TPSA) is 24.5 Å². The van der Waals surface area contributed by atoms with Crippen LogP contribution in [0, 0.1) is 5.92 Å². The van der Waals surface area contributed by atoms with Gasteiger partial charge in [-0.1, -0.05) is 12.1 Å². The largest absolute Gasteiger partial charge is 0.482 e. The Kier molecular flexibility index (Phi) is 5.33. The summed E-state index contributed by atoms with van der Waals surface area (Å²) in [5.74, 6) is 0.762. The number of nitrogens with zero attached hydrogens (tertiary/aromatic N) is 1. The van der Waals surface area contributed by atoms with Crippen LogP contribution in [0.5, 0.6) is 5.75 Å². The molecule has 0 aromatic heterocycles. The van der Waals surface area contributed by atoms with Crippen molar-refractivity contribution < 1.29 is 17.9 Å². The summed E-state index contributed by atoms with van der Waals surface area (Å²) in [4.78, 5) is 2.28. The third kappa shape index (κ3) is 5.46. The van der Waals surface area contributed by atoms with Crippen molar-refractivity contribution in [3.63, 3.8) is 0 Å². The van der Waals surface area contributed by atoms with Gasteiger partial charge >= 0.3 is 6.18 Å². The number of likely N-dealkylation sites (tertiary alicyclic amines) is 1. The minimum atomic E-state index is -4.32. The van der Waals surface area contributed by atoms with Crippen LogP contribution in [0.3, 0.4) is 0 Å². The Morgan fingerprint density at radius 3 is 2.81 bits per heavy atom. The Balaban J connectivity index is 1.90. The number of halogens is 3. The van der Waals surface area contributed by atoms with Gasteiger partial charge < -0.3 is 15.0 Å². The van der Waals surface area contributed by atoms with Crippen molar-refractivity contribution in [2.45, 2.75) is 19.0 Å². The Labute approximate surface area is 123 Å². The molecule has 1 aliphatic rings.